The number of hydrogen-bond donors (Lipinski definition) is 1. The summed E-state index contributed by atoms with van der Waals surface area (Å²) in [5.74, 6) is -3.75. The minimum absolute atomic E-state index is 0.132. The van der Waals surface area contributed by atoms with Crippen molar-refractivity contribution in [2.24, 2.45) is 0 Å². The molecule has 3 nitrogen and oxygen atoms in total. The highest BCUT2D eigenvalue weighted by Crippen LogP contribution is 2.23. The van der Waals surface area contributed by atoms with E-state index in [-0.39, 0.29) is 11.4 Å². The van der Waals surface area contributed by atoms with Gasteiger partial charge in [0, 0.05) is 11.8 Å². The Morgan fingerprint density at radius 3 is 2.42 bits per heavy atom. The van der Waals surface area contributed by atoms with Gasteiger partial charge in [-0.3, -0.25) is 0 Å². The van der Waals surface area contributed by atoms with Gasteiger partial charge in [0.2, 0.25) is 0 Å². The standard InChI is InChI=1S/C13H8F3N3/c1-6-2-10-13(17-5-6)19-12(18-10)7-3-8(14)11(16)9(15)4-7/h2-5H,1H3,(H,17,18,19). The van der Waals surface area contributed by atoms with E-state index in [4.69, 9.17) is 0 Å². The van der Waals surface area contributed by atoms with Gasteiger partial charge in [0.1, 0.15) is 5.82 Å². The van der Waals surface area contributed by atoms with E-state index in [9.17, 15) is 13.2 Å². The van der Waals surface area contributed by atoms with Crippen LogP contribution in [0.4, 0.5) is 13.2 Å². The zero-order chi connectivity index (χ0) is 13.6. The number of aromatic nitrogens is 3. The third-order valence-electron chi connectivity index (χ3n) is 2.73. The Bertz CT molecular complexity index is 757. The van der Waals surface area contributed by atoms with Crippen molar-refractivity contribution < 1.29 is 13.2 Å². The van der Waals surface area contributed by atoms with Crippen molar-refractivity contribution in [2.45, 2.75) is 6.92 Å². The molecular weight excluding hydrogens is 255 g/mol. The van der Waals surface area contributed by atoms with Gasteiger partial charge in [0.15, 0.2) is 23.1 Å². The monoisotopic (exact) mass is 263 g/mol. The maximum absolute atomic E-state index is 13.2. The van der Waals surface area contributed by atoms with Gasteiger partial charge in [-0.1, -0.05) is 0 Å². The fourth-order valence-electron chi connectivity index (χ4n) is 1.83. The van der Waals surface area contributed by atoms with Crippen LogP contribution in [0.5, 0.6) is 0 Å². The van der Waals surface area contributed by atoms with Crippen molar-refractivity contribution in [3.05, 3.63) is 47.4 Å². The molecular formula is C13H8F3N3. The van der Waals surface area contributed by atoms with Crippen LogP contribution in [0.3, 0.4) is 0 Å². The highest BCUT2D eigenvalue weighted by atomic mass is 19.2. The average molecular weight is 263 g/mol. The summed E-state index contributed by atoms with van der Waals surface area (Å²) in [6.07, 6.45) is 1.64. The highest BCUT2D eigenvalue weighted by molar-refractivity contribution is 5.76. The van der Waals surface area contributed by atoms with E-state index in [0.717, 1.165) is 17.7 Å². The van der Waals surface area contributed by atoms with Crippen molar-refractivity contribution in [2.75, 3.05) is 0 Å². The summed E-state index contributed by atoms with van der Waals surface area (Å²) >= 11 is 0. The van der Waals surface area contributed by atoms with E-state index >= 15 is 0 Å². The maximum atomic E-state index is 13.2. The fraction of sp³-hybridized carbons (Fsp3) is 0.0769. The number of aryl methyl sites for hydroxylation is 1. The van der Waals surface area contributed by atoms with Gasteiger partial charge in [0.05, 0.1) is 5.52 Å². The molecule has 0 fully saturated rings. The molecule has 96 valence electrons. The number of fused-ring (bicyclic) bond motifs is 1. The molecule has 19 heavy (non-hydrogen) atoms. The Labute approximate surface area is 106 Å². The molecule has 2 aromatic heterocycles. The molecule has 0 bridgehead atoms. The predicted octanol–water partition coefficient (Wildman–Crippen LogP) is 3.35. The number of halogens is 3. The molecule has 2 heterocycles. The van der Waals surface area contributed by atoms with Gasteiger partial charge in [0.25, 0.3) is 0 Å². The van der Waals surface area contributed by atoms with E-state index in [2.05, 4.69) is 15.0 Å². The first-order chi connectivity index (χ1) is 9.04. The SMILES string of the molecule is Cc1cnc2nc(-c3cc(F)c(F)c(F)c3)[nH]c2c1. The van der Waals surface area contributed by atoms with Crippen molar-refractivity contribution in [3.63, 3.8) is 0 Å². The second-order valence-corrected chi connectivity index (χ2v) is 4.22. The summed E-state index contributed by atoms with van der Waals surface area (Å²) < 4.78 is 39.2. The highest BCUT2D eigenvalue weighted by Gasteiger charge is 2.14. The molecule has 0 radical (unpaired) electrons. The lowest BCUT2D eigenvalue weighted by atomic mass is 10.2. The number of nitrogens with one attached hydrogen (secondary N) is 1. The summed E-state index contributed by atoms with van der Waals surface area (Å²) in [5, 5.41) is 0. The molecule has 1 aromatic carbocycles. The van der Waals surface area contributed by atoms with Gasteiger partial charge in [-0.2, -0.15) is 0 Å². The largest absolute Gasteiger partial charge is 0.337 e. The molecule has 0 saturated heterocycles. The summed E-state index contributed by atoms with van der Waals surface area (Å²) in [7, 11) is 0. The molecule has 3 aromatic rings. The van der Waals surface area contributed by atoms with E-state index in [0.29, 0.717) is 11.2 Å². The molecule has 0 aliphatic rings. The van der Waals surface area contributed by atoms with Gasteiger partial charge in [-0.25, -0.2) is 23.1 Å². The molecule has 0 spiro atoms. The second-order valence-electron chi connectivity index (χ2n) is 4.22. The van der Waals surface area contributed by atoms with Gasteiger partial charge >= 0.3 is 0 Å². The van der Waals surface area contributed by atoms with E-state index in [1.807, 2.05) is 13.0 Å². The molecule has 0 aliphatic carbocycles. The van der Waals surface area contributed by atoms with Gasteiger partial charge in [-0.05, 0) is 30.7 Å². The lowest BCUT2D eigenvalue weighted by Crippen LogP contribution is -1.92. The zero-order valence-corrected chi connectivity index (χ0v) is 9.84. The Kier molecular flexibility index (Phi) is 2.51. The van der Waals surface area contributed by atoms with Crippen molar-refractivity contribution in [1.82, 2.24) is 15.0 Å². The summed E-state index contributed by atoms with van der Waals surface area (Å²) in [6, 6.07) is 3.60. The topological polar surface area (TPSA) is 41.6 Å². The summed E-state index contributed by atoms with van der Waals surface area (Å²) in [6.45, 7) is 1.87. The number of pyridine rings is 1. The number of imidazole rings is 1. The number of benzene rings is 1. The van der Waals surface area contributed by atoms with Crippen LogP contribution in [0.2, 0.25) is 0 Å². The van der Waals surface area contributed by atoms with Crippen LogP contribution in [0.1, 0.15) is 5.56 Å². The second kappa shape index (κ2) is 4.08. The zero-order valence-electron chi connectivity index (χ0n) is 9.84. The number of aromatic amines is 1. The third-order valence-corrected chi connectivity index (χ3v) is 2.73. The molecule has 6 heteroatoms. The first kappa shape index (κ1) is 11.7. The van der Waals surface area contributed by atoms with Gasteiger partial charge in [-0.15, -0.1) is 0 Å². The Balaban J connectivity index is 2.19. The lowest BCUT2D eigenvalue weighted by molar-refractivity contribution is 0.447. The molecule has 0 atom stereocenters. The third kappa shape index (κ3) is 1.95. The summed E-state index contributed by atoms with van der Waals surface area (Å²) in [4.78, 5) is 11.1. The van der Waals surface area contributed by atoms with Gasteiger partial charge < -0.3 is 4.98 Å². The Morgan fingerprint density at radius 2 is 1.74 bits per heavy atom. The normalized spacial score (nSPS) is 11.2. The van der Waals surface area contributed by atoms with Crippen molar-refractivity contribution >= 4 is 11.2 Å². The van der Waals surface area contributed by atoms with Crippen LogP contribution in [-0.4, -0.2) is 15.0 Å². The Morgan fingerprint density at radius 1 is 1.05 bits per heavy atom. The van der Waals surface area contributed by atoms with Crippen molar-refractivity contribution in [3.8, 4) is 11.4 Å². The minimum atomic E-state index is -1.49. The quantitative estimate of drug-likeness (QED) is 0.684. The molecule has 0 saturated carbocycles. The average Bonchev–Trinajstić information content (AvgIpc) is 2.78. The van der Waals surface area contributed by atoms with Crippen LogP contribution < -0.4 is 0 Å². The van der Waals surface area contributed by atoms with Crippen LogP contribution in [0.15, 0.2) is 24.4 Å². The first-order valence-corrected chi connectivity index (χ1v) is 5.52. The summed E-state index contributed by atoms with van der Waals surface area (Å²) in [5.41, 5.74) is 2.15. The van der Waals surface area contributed by atoms with Crippen molar-refractivity contribution in [1.29, 1.82) is 0 Å². The molecule has 1 N–H and O–H groups in total. The lowest BCUT2D eigenvalue weighted by Gasteiger charge is -1.99. The van der Waals surface area contributed by atoms with Crippen LogP contribution >= 0.6 is 0 Å². The molecule has 3 rings (SSSR count). The number of nitrogens with zero attached hydrogens (tertiary/aromatic N) is 2. The molecule has 0 aliphatic heterocycles. The Hall–Kier alpha value is -2.37. The van der Waals surface area contributed by atoms with Crippen LogP contribution in [-0.2, 0) is 0 Å². The fourth-order valence-corrected chi connectivity index (χ4v) is 1.83. The number of H-pyrrole nitrogens is 1. The molecule has 0 amide bonds. The smallest absolute Gasteiger partial charge is 0.194 e. The van der Waals surface area contributed by atoms with E-state index in [1.165, 1.54) is 0 Å². The van der Waals surface area contributed by atoms with Crippen LogP contribution in [0.25, 0.3) is 22.6 Å². The van der Waals surface area contributed by atoms with E-state index < -0.39 is 17.5 Å². The minimum Gasteiger partial charge on any atom is -0.337 e. The number of hydrogen-bond acceptors (Lipinski definition) is 2. The predicted molar refractivity (Wildman–Crippen MR) is 63.9 cm³/mol. The van der Waals surface area contributed by atoms with E-state index in [1.54, 1.807) is 6.20 Å². The maximum Gasteiger partial charge on any atom is 0.194 e. The first-order valence-electron chi connectivity index (χ1n) is 5.52. The number of rotatable bonds is 1. The van der Waals surface area contributed by atoms with Crippen LogP contribution in [0, 0.1) is 24.4 Å². The molecule has 0 unspecified atom stereocenters.